The Labute approximate surface area is 209 Å². The molecule has 1 rings (SSSR count). The molecule has 0 aromatic heterocycles. The van der Waals surface area contributed by atoms with E-state index in [0.29, 0.717) is 19.4 Å². The molecule has 0 aliphatic carbocycles. The fourth-order valence-corrected chi connectivity index (χ4v) is 3.07. The Balaban J connectivity index is 2.59. The Morgan fingerprint density at radius 2 is 1.53 bits per heavy atom. The number of ether oxygens (including phenoxy) is 1. The highest BCUT2D eigenvalue weighted by Gasteiger charge is 2.28. The van der Waals surface area contributed by atoms with Crippen molar-refractivity contribution in [3.63, 3.8) is 0 Å². The molecule has 1 aromatic rings. The number of hydrogen-bond acceptors (Lipinski definition) is 7. The number of aliphatic carboxylic acids is 2. The number of hydrogen-bond donors (Lipinski definition) is 6. The molecule has 1 aromatic carbocycles. The Hall–Kier alpha value is -3.83. The Morgan fingerprint density at radius 3 is 2.08 bits per heavy atom. The maximum Gasteiger partial charge on any atom is 0.329 e. The van der Waals surface area contributed by atoms with Crippen LogP contribution in [0, 0.1) is 0 Å². The van der Waals surface area contributed by atoms with Gasteiger partial charge in [0.1, 0.15) is 23.4 Å². The first-order valence-electron chi connectivity index (χ1n) is 11.6. The maximum atomic E-state index is 12.6. The van der Waals surface area contributed by atoms with Gasteiger partial charge in [0.25, 0.3) is 0 Å². The monoisotopic (exact) mass is 509 g/mol. The van der Waals surface area contributed by atoms with Crippen LogP contribution in [-0.2, 0) is 30.3 Å². The fourth-order valence-electron chi connectivity index (χ4n) is 3.07. The summed E-state index contributed by atoms with van der Waals surface area (Å²) >= 11 is 0. The number of carbonyl (C=O) groups is 5. The van der Waals surface area contributed by atoms with Crippen LogP contribution in [0.3, 0.4) is 0 Å². The van der Waals surface area contributed by atoms with Crippen LogP contribution in [-0.4, -0.2) is 69.4 Å². The molecule has 0 aliphatic rings. The zero-order chi connectivity index (χ0) is 27.3. The lowest BCUT2D eigenvalue weighted by molar-refractivity contribution is -0.157. The summed E-state index contributed by atoms with van der Waals surface area (Å²) in [5.74, 6) is -3.40. The van der Waals surface area contributed by atoms with Crippen molar-refractivity contribution >= 4 is 29.8 Å². The molecule has 0 saturated carbocycles. The summed E-state index contributed by atoms with van der Waals surface area (Å²) in [7, 11) is 0. The molecule has 3 amide bonds. The van der Waals surface area contributed by atoms with Crippen molar-refractivity contribution in [2.45, 2.75) is 77.0 Å². The van der Waals surface area contributed by atoms with E-state index in [2.05, 4.69) is 16.0 Å². The van der Waals surface area contributed by atoms with Crippen molar-refractivity contribution in [1.29, 1.82) is 0 Å². The van der Waals surface area contributed by atoms with E-state index in [1.807, 2.05) is 0 Å². The largest absolute Gasteiger partial charge is 0.508 e. The van der Waals surface area contributed by atoms with Crippen LogP contribution in [0.2, 0.25) is 0 Å². The second-order valence-corrected chi connectivity index (χ2v) is 9.22. The number of aromatic hydroxyl groups is 1. The van der Waals surface area contributed by atoms with Crippen molar-refractivity contribution in [2.75, 3.05) is 6.54 Å². The van der Waals surface area contributed by atoms with Crippen LogP contribution in [0.4, 0.5) is 4.79 Å². The molecule has 0 unspecified atom stereocenters. The van der Waals surface area contributed by atoms with Crippen molar-refractivity contribution in [1.82, 2.24) is 16.0 Å². The van der Waals surface area contributed by atoms with Gasteiger partial charge >= 0.3 is 23.9 Å². The maximum absolute atomic E-state index is 12.6. The van der Waals surface area contributed by atoms with Gasteiger partial charge in [-0.05, 0) is 64.2 Å². The molecule has 6 N–H and O–H groups in total. The number of phenols is 1. The summed E-state index contributed by atoms with van der Waals surface area (Å²) in [5, 5.41) is 34.6. The van der Waals surface area contributed by atoms with Gasteiger partial charge in [0.15, 0.2) is 0 Å². The number of carboxylic acids is 2. The van der Waals surface area contributed by atoms with Gasteiger partial charge in [0.2, 0.25) is 5.91 Å². The summed E-state index contributed by atoms with van der Waals surface area (Å²) < 4.78 is 5.34. The van der Waals surface area contributed by atoms with E-state index in [1.165, 1.54) is 12.1 Å². The summed E-state index contributed by atoms with van der Waals surface area (Å²) in [6, 6.07) is 2.82. The van der Waals surface area contributed by atoms with Crippen molar-refractivity contribution in [3.8, 4) is 5.75 Å². The normalized spacial score (nSPS) is 12.6. The van der Waals surface area contributed by atoms with Crippen molar-refractivity contribution < 1.29 is 44.0 Å². The highest BCUT2D eigenvalue weighted by atomic mass is 16.6. The minimum Gasteiger partial charge on any atom is -0.508 e. The summed E-state index contributed by atoms with van der Waals surface area (Å²) in [5.41, 5.74) is -0.0747. The Bertz CT molecular complexity index is 910. The fraction of sp³-hybridized carbons (Fsp3) is 0.542. The standard InChI is InChI=1S/C24H35N3O9/c1-24(2,3)36-22(34)18(27-23(35)26-17(21(32)33)11-12-20(30)31)6-4-5-13-25-19(29)14-15-7-9-16(28)10-8-15/h7-10,17-18,28H,4-6,11-14H2,1-3H3,(H,25,29)(H,30,31)(H,32,33)(H2,26,27,35)/t17-,18-/m0/s1. The number of unbranched alkanes of at least 4 members (excludes halogenated alkanes) is 1. The molecule has 0 bridgehead atoms. The number of urea groups is 1. The molecule has 200 valence electrons. The zero-order valence-corrected chi connectivity index (χ0v) is 20.7. The quantitative estimate of drug-likeness (QED) is 0.159. The molecule has 0 aliphatic heterocycles. The molecular weight excluding hydrogens is 474 g/mol. The lowest BCUT2D eigenvalue weighted by Crippen LogP contribution is -2.52. The van der Waals surface area contributed by atoms with Crippen LogP contribution >= 0.6 is 0 Å². The van der Waals surface area contributed by atoms with Gasteiger partial charge in [-0.15, -0.1) is 0 Å². The zero-order valence-electron chi connectivity index (χ0n) is 20.7. The second-order valence-electron chi connectivity index (χ2n) is 9.22. The molecule has 12 nitrogen and oxygen atoms in total. The van der Waals surface area contributed by atoms with Gasteiger partial charge in [-0.25, -0.2) is 14.4 Å². The van der Waals surface area contributed by atoms with E-state index < -0.39 is 48.0 Å². The van der Waals surface area contributed by atoms with Gasteiger partial charge in [-0.2, -0.15) is 0 Å². The van der Waals surface area contributed by atoms with E-state index >= 15 is 0 Å². The number of esters is 1. The molecule has 0 heterocycles. The van der Waals surface area contributed by atoms with Crippen LogP contribution in [0.25, 0.3) is 0 Å². The Kier molecular flexibility index (Phi) is 12.2. The first-order valence-corrected chi connectivity index (χ1v) is 11.6. The molecule has 0 radical (unpaired) electrons. The molecular formula is C24H35N3O9. The number of nitrogens with one attached hydrogen (secondary N) is 3. The second kappa shape index (κ2) is 14.5. The third-order valence-electron chi connectivity index (χ3n) is 4.79. The molecule has 0 fully saturated rings. The highest BCUT2D eigenvalue weighted by Crippen LogP contribution is 2.12. The van der Waals surface area contributed by atoms with Crippen molar-refractivity contribution in [3.05, 3.63) is 29.8 Å². The van der Waals surface area contributed by atoms with E-state index in [1.54, 1.807) is 32.9 Å². The first kappa shape index (κ1) is 30.2. The molecule has 12 heteroatoms. The number of carbonyl (C=O) groups excluding carboxylic acids is 3. The van der Waals surface area contributed by atoms with Gasteiger partial charge in [-0.3, -0.25) is 9.59 Å². The van der Waals surface area contributed by atoms with Crippen LogP contribution in [0.5, 0.6) is 5.75 Å². The molecule has 0 saturated heterocycles. The lowest BCUT2D eigenvalue weighted by Gasteiger charge is -2.25. The average molecular weight is 510 g/mol. The topological polar surface area (TPSA) is 191 Å². The molecule has 0 spiro atoms. The number of phenolic OH excluding ortho intramolecular Hbond substituents is 1. The third-order valence-corrected chi connectivity index (χ3v) is 4.79. The number of amides is 3. The summed E-state index contributed by atoms with van der Waals surface area (Å²) in [6.45, 7) is 5.33. The van der Waals surface area contributed by atoms with Crippen LogP contribution in [0.1, 0.15) is 58.4 Å². The van der Waals surface area contributed by atoms with Gasteiger partial charge in [-0.1, -0.05) is 12.1 Å². The number of rotatable bonds is 14. The van der Waals surface area contributed by atoms with Gasteiger partial charge in [0.05, 0.1) is 6.42 Å². The minimum absolute atomic E-state index is 0.111. The number of benzene rings is 1. The lowest BCUT2D eigenvalue weighted by atomic mass is 10.1. The van der Waals surface area contributed by atoms with Gasteiger partial charge < -0.3 is 36.0 Å². The first-order chi connectivity index (χ1) is 16.8. The van der Waals surface area contributed by atoms with Crippen LogP contribution in [0.15, 0.2) is 24.3 Å². The van der Waals surface area contributed by atoms with Crippen molar-refractivity contribution in [2.24, 2.45) is 0 Å². The van der Waals surface area contributed by atoms with E-state index in [0.717, 1.165) is 5.56 Å². The summed E-state index contributed by atoms with van der Waals surface area (Å²) in [6.07, 6.45) is 0.480. The predicted molar refractivity (Wildman–Crippen MR) is 128 cm³/mol. The van der Waals surface area contributed by atoms with E-state index in [4.69, 9.17) is 9.84 Å². The van der Waals surface area contributed by atoms with E-state index in [9.17, 15) is 34.2 Å². The Morgan fingerprint density at radius 1 is 0.917 bits per heavy atom. The average Bonchev–Trinajstić information content (AvgIpc) is 2.75. The predicted octanol–water partition coefficient (Wildman–Crippen LogP) is 1.55. The number of carboxylic acid groups (broad SMARTS) is 2. The highest BCUT2D eigenvalue weighted by molar-refractivity contribution is 5.87. The van der Waals surface area contributed by atoms with Gasteiger partial charge in [0, 0.05) is 13.0 Å². The smallest absolute Gasteiger partial charge is 0.329 e. The SMILES string of the molecule is CC(C)(C)OC(=O)[C@H](CCCCNC(=O)Cc1ccc(O)cc1)NC(=O)N[C@@H](CCC(=O)O)C(=O)O. The third kappa shape index (κ3) is 13.2. The minimum atomic E-state index is -1.44. The summed E-state index contributed by atoms with van der Waals surface area (Å²) in [4.78, 5) is 59.0. The van der Waals surface area contributed by atoms with Crippen LogP contribution < -0.4 is 16.0 Å². The molecule has 36 heavy (non-hydrogen) atoms. The van der Waals surface area contributed by atoms with E-state index in [-0.39, 0.29) is 30.9 Å². The molecule has 2 atom stereocenters.